The highest BCUT2D eigenvalue weighted by molar-refractivity contribution is 6.34. The number of hydrogen-bond donors (Lipinski definition) is 0. The molecule has 0 bridgehead atoms. The minimum Gasteiger partial charge on any atom is -0.461 e. The van der Waals surface area contributed by atoms with E-state index in [1.54, 1.807) is 6.07 Å². The number of ether oxygens (including phenoxy) is 1. The Kier molecular flexibility index (Phi) is 8.32. The van der Waals surface area contributed by atoms with Gasteiger partial charge in [-0.3, -0.25) is 9.69 Å². The van der Waals surface area contributed by atoms with Crippen molar-refractivity contribution < 1.29 is 18.3 Å². The quantitative estimate of drug-likeness (QED) is 0.219. The minimum absolute atomic E-state index is 0.0291. The van der Waals surface area contributed by atoms with Crippen LogP contribution in [0.2, 0.25) is 5.02 Å². The molecule has 0 radical (unpaired) electrons. The summed E-state index contributed by atoms with van der Waals surface area (Å²) in [5.74, 6) is -2.01. The molecule has 0 saturated carbocycles. The number of hydrogen-bond acceptors (Lipinski definition) is 6. The molecule has 8 nitrogen and oxygen atoms in total. The van der Waals surface area contributed by atoms with Crippen molar-refractivity contribution in [2.75, 3.05) is 50.8 Å². The summed E-state index contributed by atoms with van der Waals surface area (Å²) in [5.41, 5.74) is 3.50. The molecular formula is C35H37ClF2N6O2. The van der Waals surface area contributed by atoms with E-state index in [1.165, 1.54) is 10.5 Å². The fourth-order valence-electron chi connectivity index (χ4n) is 8.12. The molecule has 1 amide bonds. The molecule has 3 saturated heterocycles. The van der Waals surface area contributed by atoms with Crippen LogP contribution in [-0.2, 0) is 17.6 Å². The number of nitrogens with zero attached hydrogens (tertiary/aromatic N) is 6. The van der Waals surface area contributed by atoms with Gasteiger partial charge in [0.15, 0.2) is 11.6 Å². The molecule has 1 atom stereocenters. The fourth-order valence-corrected chi connectivity index (χ4v) is 8.41. The maximum absolute atomic E-state index is 16.9. The first kappa shape index (κ1) is 30.8. The van der Waals surface area contributed by atoms with E-state index in [0.29, 0.717) is 23.4 Å². The van der Waals surface area contributed by atoms with E-state index in [9.17, 15) is 9.18 Å². The Hall–Kier alpha value is -3.81. The second-order valence-electron chi connectivity index (χ2n) is 13.0. The van der Waals surface area contributed by atoms with Crippen molar-refractivity contribution in [1.82, 2.24) is 19.8 Å². The molecule has 240 valence electrons. The number of aromatic nitrogens is 2. The number of carbonyl (C=O) groups is 1. The summed E-state index contributed by atoms with van der Waals surface area (Å²) in [6, 6.07) is 7.18. The molecule has 2 aromatic carbocycles. The molecule has 46 heavy (non-hydrogen) atoms. The summed E-state index contributed by atoms with van der Waals surface area (Å²) in [6.45, 7) is 13.7. The van der Waals surface area contributed by atoms with Crippen molar-refractivity contribution in [3.05, 3.63) is 70.1 Å². The second-order valence-corrected chi connectivity index (χ2v) is 13.4. The van der Waals surface area contributed by atoms with Gasteiger partial charge in [-0.05, 0) is 87.2 Å². The third kappa shape index (κ3) is 5.37. The molecule has 11 heteroatoms. The molecule has 4 heterocycles. The highest BCUT2D eigenvalue weighted by atomic mass is 35.5. The highest BCUT2D eigenvalue weighted by Crippen LogP contribution is 2.43. The van der Waals surface area contributed by atoms with Crippen LogP contribution in [0.5, 0.6) is 6.01 Å². The number of rotatable bonds is 7. The van der Waals surface area contributed by atoms with Crippen molar-refractivity contribution in [1.29, 1.82) is 0 Å². The molecule has 0 spiro atoms. The van der Waals surface area contributed by atoms with Crippen LogP contribution in [0.25, 0.3) is 26.9 Å². The van der Waals surface area contributed by atoms with E-state index in [0.717, 1.165) is 75.6 Å². The van der Waals surface area contributed by atoms with Crippen LogP contribution in [0.3, 0.4) is 0 Å². The smallest absolute Gasteiger partial charge is 0.319 e. The van der Waals surface area contributed by atoms with Crippen molar-refractivity contribution in [3.8, 4) is 17.1 Å². The van der Waals surface area contributed by atoms with Gasteiger partial charge in [0.2, 0.25) is 6.54 Å². The van der Waals surface area contributed by atoms with Crippen molar-refractivity contribution >= 4 is 34.2 Å². The number of benzene rings is 2. The Balaban J connectivity index is 1.33. The molecule has 0 unspecified atom stereocenters. The number of anilines is 1. The maximum atomic E-state index is 16.9. The Labute approximate surface area is 272 Å². The first-order valence-corrected chi connectivity index (χ1v) is 16.6. The molecule has 3 aromatic rings. The summed E-state index contributed by atoms with van der Waals surface area (Å²) < 4.78 is 37.2. The summed E-state index contributed by atoms with van der Waals surface area (Å²) >= 11 is 6.93. The SMILES string of the molecule is [C-]#[N+]C[C@H]1CN(c2nc(OCC34CCCN3CCC4)nc3c(F)c(-c4cccc5c4CCCC5)c(Cl)cc23)CCN1C(=O)C(=C)F. The van der Waals surface area contributed by atoms with E-state index in [-0.39, 0.29) is 48.3 Å². The summed E-state index contributed by atoms with van der Waals surface area (Å²) in [4.78, 5) is 31.3. The van der Waals surface area contributed by atoms with Gasteiger partial charge in [-0.15, -0.1) is 0 Å². The monoisotopic (exact) mass is 646 g/mol. The normalized spacial score (nSPS) is 20.8. The third-order valence-corrected chi connectivity index (χ3v) is 10.7. The van der Waals surface area contributed by atoms with Gasteiger partial charge < -0.3 is 19.4 Å². The van der Waals surface area contributed by atoms with E-state index in [2.05, 4.69) is 27.4 Å². The van der Waals surface area contributed by atoms with E-state index in [1.807, 2.05) is 17.0 Å². The summed E-state index contributed by atoms with van der Waals surface area (Å²) in [5, 5.41) is 0.676. The van der Waals surface area contributed by atoms with E-state index in [4.69, 9.17) is 27.9 Å². The van der Waals surface area contributed by atoms with Crippen LogP contribution in [-0.4, -0.2) is 83.1 Å². The van der Waals surface area contributed by atoms with Gasteiger partial charge in [-0.2, -0.15) is 9.97 Å². The number of aryl methyl sites for hydroxylation is 1. The van der Waals surface area contributed by atoms with Gasteiger partial charge >= 0.3 is 6.01 Å². The average molecular weight is 647 g/mol. The fraction of sp³-hybridized carbons (Fsp3) is 0.486. The van der Waals surface area contributed by atoms with Crippen molar-refractivity contribution in [3.63, 3.8) is 0 Å². The van der Waals surface area contributed by atoms with Crippen LogP contribution in [0, 0.1) is 12.4 Å². The van der Waals surface area contributed by atoms with Gasteiger partial charge in [-0.1, -0.05) is 36.4 Å². The second kappa shape index (κ2) is 12.4. The minimum atomic E-state index is -1.07. The van der Waals surface area contributed by atoms with Gasteiger partial charge in [0.1, 0.15) is 24.0 Å². The van der Waals surface area contributed by atoms with E-state index >= 15 is 4.39 Å². The number of carbonyl (C=O) groups excluding carboxylic acids is 1. The maximum Gasteiger partial charge on any atom is 0.319 e. The Morgan fingerprint density at radius 2 is 1.91 bits per heavy atom. The molecular weight excluding hydrogens is 610 g/mol. The van der Waals surface area contributed by atoms with Crippen LogP contribution in [0.15, 0.2) is 36.7 Å². The van der Waals surface area contributed by atoms with Crippen LogP contribution in [0.1, 0.15) is 49.7 Å². The molecule has 0 N–H and O–H groups in total. The number of amides is 1. The molecule has 1 aromatic heterocycles. The molecule has 3 aliphatic heterocycles. The third-order valence-electron chi connectivity index (χ3n) is 10.4. The zero-order chi connectivity index (χ0) is 32.0. The van der Waals surface area contributed by atoms with Gasteiger partial charge in [0, 0.05) is 30.6 Å². The number of fused-ring (bicyclic) bond motifs is 3. The number of piperazine rings is 1. The largest absolute Gasteiger partial charge is 0.461 e. The summed E-state index contributed by atoms with van der Waals surface area (Å²) in [6.07, 6.45) is 8.25. The van der Waals surface area contributed by atoms with E-state index < -0.39 is 23.6 Å². The molecule has 4 aliphatic rings. The summed E-state index contributed by atoms with van der Waals surface area (Å²) in [7, 11) is 0. The Morgan fingerprint density at radius 3 is 2.67 bits per heavy atom. The number of halogens is 3. The lowest BCUT2D eigenvalue weighted by atomic mass is 9.85. The van der Waals surface area contributed by atoms with Crippen LogP contribution >= 0.6 is 11.6 Å². The van der Waals surface area contributed by atoms with Crippen LogP contribution < -0.4 is 9.64 Å². The van der Waals surface area contributed by atoms with Gasteiger partial charge in [0.05, 0.1) is 10.6 Å². The zero-order valence-corrected chi connectivity index (χ0v) is 26.6. The highest BCUT2D eigenvalue weighted by Gasteiger charge is 2.45. The van der Waals surface area contributed by atoms with Crippen LogP contribution in [0.4, 0.5) is 14.6 Å². The molecule has 1 aliphatic carbocycles. The topological polar surface area (TPSA) is 66.2 Å². The first-order valence-electron chi connectivity index (χ1n) is 16.2. The lowest BCUT2D eigenvalue weighted by Gasteiger charge is -2.39. The first-order chi connectivity index (χ1) is 22.3. The molecule has 7 rings (SSSR count). The lowest BCUT2D eigenvalue weighted by Crippen LogP contribution is -2.56. The Morgan fingerprint density at radius 1 is 1.13 bits per heavy atom. The molecule has 3 fully saturated rings. The zero-order valence-electron chi connectivity index (χ0n) is 25.8. The average Bonchev–Trinajstić information content (AvgIpc) is 3.64. The van der Waals surface area contributed by atoms with Gasteiger partial charge in [0.25, 0.3) is 5.91 Å². The standard InChI is InChI=1S/C35H37ClF2N6O2/c1-22(37)33(45)44-17-16-42(20-24(44)19-39-2)32-27-18-28(36)29(26-11-5-9-23-8-3-4-10-25(23)26)30(38)31(27)40-34(41-32)46-21-35-12-6-14-43(35)15-7-13-35/h5,9,11,18,24H,1,3-4,6-8,10,12-17,19-21H2/t24-/m0/s1. The van der Waals surface area contributed by atoms with Crippen molar-refractivity contribution in [2.24, 2.45) is 0 Å². The predicted octanol–water partition coefficient (Wildman–Crippen LogP) is 6.39. The van der Waals surface area contributed by atoms with Gasteiger partial charge in [-0.25, -0.2) is 15.4 Å². The predicted molar refractivity (Wildman–Crippen MR) is 174 cm³/mol. The Bertz CT molecular complexity index is 1750. The van der Waals surface area contributed by atoms with Crippen molar-refractivity contribution in [2.45, 2.75) is 62.9 Å². The lowest BCUT2D eigenvalue weighted by molar-refractivity contribution is -0.131.